The van der Waals surface area contributed by atoms with Gasteiger partial charge in [-0.3, -0.25) is 0 Å². The Balaban J connectivity index is 2.89. The van der Waals surface area contributed by atoms with E-state index < -0.39 is 23.7 Å². The molecule has 1 saturated carbocycles. The molecule has 18 heavy (non-hydrogen) atoms. The van der Waals surface area contributed by atoms with Crippen LogP contribution in [0.3, 0.4) is 0 Å². The minimum atomic E-state index is -5.26. The highest BCUT2D eigenvalue weighted by Gasteiger charge is 2.69. The molecule has 6 heteroatoms. The zero-order valence-corrected chi connectivity index (χ0v) is 10.5. The predicted molar refractivity (Wildman–Crippen MR) is 56.0 cm³/mol. The standard InChI is InChI=1S/C12H18F6/c1-8(7-9-5-3-4-6-9)10(2,11(13,14)15)12(16,17)18/h8-9H,3-7H2,1-2H3/t8-/m0/s1. The van der Waals surface area contributed by atoms with Crippen molar-refractivity contribution in [3.63, 3.8) is 0 Å². The van der Waals surface area contributed by atoms with Crippen molar-refractivity contribution in [3.8, 4) is 0 Å². The Bertz CT molecular complexity index is 257. The first-order chi connectivity index (χ1) is 8.00. The molecule has 0 bridgehead atoms. The summed E-state index contributed by atoms with van der Waals surface area (Å²) in [6, 6.07) is 0. The zero-order valence-electron chi connectivity index (χ0n) is 10.5. The van der Waals surface area contributed by atoms with Crippen LogP contribution in [0.25, 0.3) is 0 Å². The average molecular weight is 276 g/mol. The molecule has 1 aliphatic rings. The van der Waals surface area contributed by atoms with Crippen molar-refractivity contribution >= 4 is 0 Å². The lowest BCUT2D eigenvalue weighted by molar-refractivity contribution is -0.351. The van der Waals surface area contributed by atoms with Crippen LogP contribution in [0, 0.1) is 17.3 Å². The molecule has 0 aliphatic heterocycles. The lowest BCUT2D eigenvalue weighted by atomic mass is 9.72. The van der Waals surface area contributed by atoms with Crippen molar-refractivity contribution in [2.45, 2.75) is 58.3 Å². The normalized spacial score (nSPS) is 21.3. The third kappa shape index (κ3) is 2.77. The Morgan fingerprint density at radius 3 is 1.67 bits per heavy atom. The van der Waals surface area contributed by atoms with Gasteiger partial charge in [0.15, 0.2) is 5.41 Å². The summed E-state index contributed by atoms with van der Waals surface area (Å²) in [5, 5.41) is 0. The molecular formula is C12H18F6. The van der Waals surface area contributed by atoms with Gasteiger partial charge in [-0.25, -0.2) is 0 Å². The Hall–Kier alpha value is -0.420. The van der Waals surface area contributed by atoms with Gasteiger partial charge in [0.25, 0.3) is 0 Å². The van der Waals surface area contributed by atoms with E-state index in [1.165, 1.54) is 0 Å². The summed E-state index contributed by atoms with van der Waals surface area (Å²) in [5.41, 5.74) is -3.61. The molecular weight excluding hydrogens is 258 g/mol. The molecule has 0 amide bonds. The molecule has 0 heterocycles. The van der Waals surface area contributed by atoms with E-state index in [-0.39, 0.29) is 19.3 Å². The van der Waals surface area contributed by atoms with E-state index in [1.807, 2.05) is 0 Å². The molecule has 0 aromatic rings. The molecule has 1 aliphatic carbocycles. The fraction of sp³-hybridized carbons (Fsp3) is 1.00. The van der Waals surface area contributed by atoms with Crippen LogP contribution in [-0.4, -0.2) is 12.4 Å². The van der Waals surface area contributed by atoms with Crippen LogP contribution < -0.4 is 0 Å². The van der Waals surface area contributed by atoms with E-state index in [1.54, 1.807) is 0 Å². The van der Waals surface area contributed by atoms with Gasteiger partial charge < -0.3 is 0 Å². The van der Waals surface area contributed by atoms with Crippen molar-refractivity contribution in [3.05, 3.63) is 0 Å². The van der Waals surface area contributed by atoms with Gasteiger partial charge >= 0.3 is 12.4 Å². The Kier molecular flexibility index (Phi) is 4.28. The third-order valence-corrected chi connectivity index (χ3v) is 4.32. The van der Waals surface area contributed by atoms with E-state index in [2.05, 4.69) is 0 Å². The molecule has 1 rings (SSSR count). The van der Waals surface area contributed by atoms with Crippen LogP contribution in [0.4, 0.5) is 26.3 Å². The highest BCUT2D eigenvalue weighted by Crippen LogP contribution is 2.56. The monoisotopic (exact) mass is 276 g/mol. The molecule has 0 saturated heterocycles. The zero-order chi connectivity index (χ0) is 14.2. The van der Waals surface area contributed by atoms with Gasteiger partial charge in [0.2, 0.25) is 0 Å². The smallest absolute Gasteiger partial charge is 0.170 e. The second-order valence-electron chi connectivity index (χ2n) is 5.49. The molecule has 0 spiro atoms. The summed E-state index contributed by atoms with van der Waals surface area (Å²) in [7, 11) is 0. The number of rotatable bonds is 3. The first-order valence-electron chi connectivity index (χ1n) is 6.13. The maximum atomic E-state index is 12.8. The molecule has 0 aromatic heterocycles. The SMILES string of the molecule is C[C@@H](CC1CCCC1)C(C)(C(F)(F)F)C(F)(F)F. The summed E-state index contributed by atoms with van der Waals surface area (Å²) in [4.78, 5) is 0. The van der Waals surface area contributed by atoms with Gasteiger partial charge in [-0.15, -0.1) is 0 Å². The minimum Gasteiger partial charge on any atom is -0.170 e. The highest BCUT2D eigenvalue weighted by molar-refractivity contribution is 4.94. The molecule has 0 radical (unpaired) electrons. The summed E-state index contributed by atoms with van der Waals surface area (Å²) >= 11 is 0. The second-order valence-corrected chi connectivity index (χ2v) is 5.49. The quantitative estimate of drug-likeness (QED) is 0.611. The summed E-state index contributed by atoms with van der Waals surface area (Å²) in [6.07, 6.45) is -7.22. The van der Waals surface area contributed by atoms with Crippen molar-refractivity contribution in [2.24, 2.45) is 17.3 Å². The molecule has 108 valence electrons. The van der Waals surface area contributed by atoms with Gasteiger partial charge in [-0.05, 0) is 25.2 Å². The van der Waals surface area contributed by atoms with E-state index in [0.29, 0.717) is 0 Å². The van der Waals surface area contributed by atoms with E-state index in [0.717, 1.165) is 32.6 Å². The first-order valence-corrected chi connectivity index (χ1v) is 6.13. The lowest BCUT2D eigenvalue weighted by Gasteiger charge is -2.39. The van der Waals surface area contributed by atoms with Gasteiger partial charge in [0, 0.05) is 0 Å². The van der Waals surface area contributed by atoms with Gasteiger partial charge in [0.1, 0.15) is 0 Å². The maximum absolute atomic E-state index is 12.8. The molecule has 1 fully saturated rings. The number of hydrogen-bond acceptors (Lipinski definition) is 0. The number of hydrogen-bond donors (Lipinski definition) is 0. The molecule has 0 N–H and O–H groups in total. The van der Waals surface area contributed by atoms with Crippen LogP contribution in [-0.2, 0) is 0 Å². The summed E-state index contributed by atoms with van der Waals surface area (Å²) in [6.45, 7) is 1.35. The van der Waals surface area contributed by atoms with E-state index in [4.69, 9.17) is 0 Å². The van der Waals surface area contributed by atoms with Gasteiger partial charge in [-0.2, -0.15) is 26.3 Å². The van der Waals surface area contributed by atoms with E-state index in [9.17, 15) is 26.3 Å². The Labute approximate surface area is 103 Å². The molecule has 0 nitrogen and oxygen atoms in total. The fourth-order valence-electron chi connectivity index (χ4n) is 2.70. The van der Waals surface area contributed by atoms with Crippen LogP contribution in [0.15, 0.2) is 0 Å². The number of halogens is 6. The first kappa shape index (κ1) is 15.6. The summed E-state index contributed by atoms with van der Waals surface area (Å²) < 4.78 is 76.8. The van der Waals surface area contributed by atoms with Crippen molar-refractivity contribution in [1.82, 2.24) is 0 Å². The predicted octanol–water partition coefficient (Wildman–Crippen LogP) is 5.33. The lowest BCUT2D eigenvalue weighted by Crippen LogP contribution is -2.52. The van der Waals surface area contributed by atoms with Crippen molar-refractivity contribution < 1.29 is 26.3 Å². The molecule has 0 aromatic carbocycles. The van der Waals surface area contributed by atoms with Crippen LogP contribution in [0.5, 0.6) is 0 Å². The molecule has 0 unspecified atom stereocenters. The number of alkyl halides is 6. The van der Waals surface area contributed by atoms with E-state index >= 15 is 0 Å². The summed E-state index contributed by atoms with van der Waals surface area (Å²) in [5.74, 6) is -1.44. The maximum Gasteiger partial charge on any atom is 0.403 e. The van der Waals surface area contributed by atoms with Gasteiger partial charge in [-0.1, -0.05) is 32.6 Å². The topological polar surface area (TPSA) is 0 Å². The fourth-order valence-corrected chi connectivity index (χ4v) is 2.70. The van der Waals surface area contributed by atoms with Gasteiger partial charge in [0.05, 0.1) is 0 Å². The Morgan fingerprint density at radius 1 is 0.944 bits per heavy atom. The average Bonchev–Trinajstić information content (AvgIpc) is 2.65. The highest BCUT2D eigenvalue weighted by atomic mass is 19.4. The van der Waals surface area contributed by atoms with Crippen molar-refractivity contribution in [1.29, 1.82) is 0 Å². The van der Waals surface area contributed by atoms with Crippen LogP contribution in [0.2, 0.25) is 0 Å². The van der Waals surface area contributed by atoms with Crippen LogP contribution in [0.1, 0.15) is 46.0 Å². The largest absolute Gasteiger partial charge is 0.403 e. The van der Waals surface area contributed by atoms with Crippen LogP contribution >= 0.6 is 0 Å². The minimum absolute atomic E-state index is 0.00373. The van der Waals surface area contributed by atoms with Crippen molar-refractivity contribution in [2.75, 3.05) is 0 Å². The molecule has 1 atom stereocenters. The third-order valence-electron chi connectivity index (χ3n) is 4.32. The second kappa shape index (κ2) is 4.93. The Morgan fingerprint density at radius 2 is 1.33 bits per heavy atom.